The molecule has 3 aromatic rings. The second-order valence-corrected chi connectivity index (χ2v) is 22.4. The summed E-state index contributed by atoms with van der Waals surface area (Å²) in [5.41, 5.74) is 12.9. The molecule has 14 nitrogen and oxygen atoms in total. The van der Waals surface area contributed by atoms with Crippen molar-refractivity contribution in [2.24, 2.45) is 23.5 Å². The van der Waals surface area contributed by atoms with Gasteiger partial charge in [0.2, 0.25) is 35.3 Å². The van der Waals surface area contributed by atoms with E-state index in [1.807, 2.05) is 52.2 Å². The van der Waals surface area contributed by atoms with E-state index in [-0.39, 0.29) is 60.4 Å². The first-order valence-electron chi connectivity index (χ1n) is 28.9. The minimum Gasteiger partial charge on any atom is -0.368 e. The number of aryl methyl sites for hydroxylation is 2. The summed E-state index contributed by atoms with van der Waals surface area (Å²) in [4.78, 5) is 82.0. The zero-order valence-electron chi connectivity index (χ0n) is 48.3. The molecule has 0 radical (unpaired) electrons. The maximum absolute atomic E-state index is 13.4. The van der Waals surface area contributed by atoms with E-state index in [4.69, 9.17) is 5.73 Å². The first-order chi connectivity index (χ1) is 36.5. The Morgan fingerprint density at radius 2 is 1.34 bits per heavy atom. The van der Waals surface area contributed by atoms with Crippen LogP contribution in [-0.2, 0) is 36.8 Å². The third kappa shape index (κ3) is 22.9. The smallest absolute Gasteiger partial charge is 0.246 e. The number of carbonyl (C=O) groups excluding carboxylic acids is 6. The van der Waals surface area contributed by atoms with Gasteiger partial charge in [-0.05, 0) is 132 Å². The third-order valence-electron chi connectivity index (χ3n) is 15.0. The van der Waals surface area contributed by atoms with Gasteiger partial charge in [-0.1, -0.05) is 142 Å². The fourth-order valence-corrected chi connectivity index (χ4v) is 10.7. The highest BCUT2D eigenvalue weighted by Crippen LogP contribution is 2.33. The lowest BCUT2D eigenvalue weighted by Crippen LogP contribution is -2.56. The molecule has 76 heavy (non-hydrogen) atoms. The minimum atomic E-state index is -0.568. The fraction of sp³-hybridized carbons (Fsp3) is 0.656. The number of benzene rings is 2. The van der Waals surface area contributed by atoms with Crippen LogP contribution in [-0.4, -0.2) is 127 Å². The van der Waals surface area contributed by atoms with Crippen LogP contribution in [0.3, 0.4) is 0 Å². The average Bonchev–Trinajstić information content (AvgIpc) is 4.28. The van der Waals surface area contributed by atoms with Gasteiger partial charge in [0.1, 0.15) is 17.8 Å². The molecule has 0 bridgehead atoms. The quantitative estimate of drug-likeness (QED) is 0.114. The molecule has 4 atom stereocenters. The molecule has 1 aromatic heterocycles. The molecule has 5 amide bonds. The molecule has 4 unspecified atom stereocenters. The van der Waals surface area contributed by atoms with Crippen LogP contribution in [0.1, 0.15) is 190 Å². The van der Waals surface area contributed by atoms with E-state index in [0.29, 0.717) is 30.5 Å². The molecule has 5 aliphatic rings. The summed E-state index contributed by atoms with van der Waals surface area (Å²) in [5.74, 6) is 0.343. The Balaban J connectivity index is 0.000000266. The van der Waals surface area contributed by atoms with Crippen molar-refractivity contribution >= 4 is 46.7 Å². The Labute approximate surface area is 461 Å². The normalized spacial score (nSPS) is 18.8. The van der Waals surface area contributed by atoms with E-state index in [2.05, 4.69) is 72.9 Å². The first kappa shape index (κ1) is 65.3. The van der Waals surface area contributed by atoms with Gasteiger partial charge in [0.15, 0.2) is 0 Å². The lowest BCUT2D eigenvalue weighted by Gasteiger charge is -2.34. The van der Waals surface area contributed by atoms with Crippen LogP contribution in [0.2, 0.25) is 0 Å². The highest BCUT2D eigenvalue weighted by atomic mass is 32.1. The van der Waals surface area contributed by atoms with Gasteiger partial charge in [-0.15, -0.1) is 11.3 Å². The van der Waals surface area contributed by atoms with Crippen molar-refractivity contribution in [2.75, 3.05) is 53.9 Å². The summed E-state index contributed by atoms with van der Waals surface area (Å²) in [7, 11) is 5.37. The van der Waals surface area contributed by atoms with E-state index in [1.54, 1.807) is 50.7 Å². The predicted octanol–water partition coefficient (Wildman–Crippen LogP) is 9.73. The van der Waals surface area contributed by atoms with Gasteiger partial charge in [0, 0.05) is 30.6 Å². The highest BCUT2D eigenvalue weighted by Gasteiger charge is 2.44. The van der Waals surface area contributed by atoms with Gasteiger partial charge in [-0.2, -0.15) is 0 Å². The molecule has 424 valence electrons. The summed E-state index contributed by atoms with van der Waals surface area (Å²) in [5, 5.41) is 10.2. The van der Waals surface area contributed by atoms with E-state index in [9.17, 15) is 28.8 Å². The maximum Gasteiger partial charge on any atom is 0.246 e. The number of fused-ring (bicyclic) bond motifs is 1. The van der Waals surface area contributed by atoms with Gasteiger partial charge in [0.25, 0.3) is 0 Å². The summed E-state index contributed by atoms with van der Waals surface area (Å²) in [6.45, 7) is 16.8. The zero-order valence-corrected chi connectivity index (χ0v) is 49.1. The Kier molecular flexibility index (Phi) is 31.1. The number of hydrogen-bond donors (Lipinski definition) is 4. The summed E-state index contributed by atoms with van der Waals surface area (Å²) >= 11 is 1.44. The van der Waals surface area contributed by atoms with Crippen LogP contribution in [0.25, 0.3) is 0 Å². The van der Waals surface area contributed by atoms with Gasteiger partial charge in [0.05, 0.1) is 24.6 Å². The van der Waals surface area contributed by atoms with Crippen molar-refractivity contribution in [1.82, 2.24) is 35.6 Å². The number of nitrogens with zero attached hydrogens (tertiary/aromatic N) is 4. The van der Waals surface area contributed by atoms with E-state index in [1.165, 1.54) is 87.5 Å². The Hall–Kier alpha value is -4.99. The number of ketones is 1. The number of amides is 5. The van der Waals surface area contributed by atoms with Crippen LogP contribution in [0, 0.1) is 17.8 Å². The topological polar surface area (TPSA) is 187 Å². The molecule has 2 saturated heterocycles. The Morgan fingerprint density at radius 1 is 0.763 bits per heavy atom. The lowest BCUT2D eigenvalue weighted by molar-refractivity contribution is -0.142. The van der Waals surface area contributed by atoms with Crippen LogP contribution in [0.5, 0.6) is 0 Å². The molecular weight excluding hydrogens is 973 g/mol. The minimum absolute atomic E-state index is 0.00347. The first-order valence-corrected chi connectivity index (χ1v) is 29.8. The lowest BCUT2D eigenvalue weighted by atomic mass is 9.83. The van der Waals surface area contributed by atoms with Gasteiger partial charge < -0.3 is 36.4 Å². The number of thiazole rings is 1. The van der Waals surface area contributed by atoms with Crippen molar-refractivity contribution in [3.63, 3.8) is 0 Å². The second kappa shape index (κ2) is 36.2. The molecule has 3 aliphatic carbocycles. The van der Waals surface area contributed by atoms with Gasteiger partial charge >= 0.3 is 0 Å². The average molecular weight is 1070 g/mol. The number of hydrogen-bond acceptors (Lipinski definition) is 10. The van der Waals surface area contributed by atoms with Gasteiger partial charge in [-0.25, -0.2) is 4.98 Å². The van der Waals surface area contributed by atoms with Crippen molar-refractivity contribution in [3.05, 3.63) is 87.4 Å². The predicted molar refractivity (Wildman–Crippen MR) is 310 cm³/mol. The van der Waals surface area contributed by atoms with E-state index < -0.39 is 18.0 Å². The molecule has 2 saturated carbocycles. The number of rotatable bonds is 14. The number of nitrogens with two attached hydrogens (primary N) is 1. The molecule has 4 fully saturated rings. The van der Waals surface area contributed by atoms with Crippen LogP contribution >= 0.6 is 11.3 Å². The Bertz CT molecular complexity index is 2130. The third-order valence-corrected chi connectivity index (χ3v) is 15.6. The van der Waals surface area contributed by atoms with Crippen molar-refractivity contribution < 1.29 is 28.8 Å². The zero-order chi connectivity index (χ0) is 56.0. The molecule has 2 aliphatic heterocycles. The molecule has 15 heteroatoms. The molecule has 8 rings (SSSR count). The molecule has 2 aromatic carbocycles. The van der Waals surface area contributed by atoms with Gasteiger partial charge in [-0.3, -0.25) is 28.8 Å². The summed E-state index contributed by atoms with van der Waals surface area (Å²) in [6, 6.07) is 15.2. The number of nitrogens with one attached hydrogen (secondary N) is 3. The maximum atomic E-state index is 13.4. The summed E-state index contributed by atoms with van der Waals surface area (Å²) < 4.78 is 0. The van der Waals surface area contributed by atoms with Crippen molar-refractivity contribution in [3.8, 4) is 0 Å². The van der Waals surface area contributed by atoms with E-state index in [0.717, 1.165) is 57.2 Å². The number of aromatic nitrogens is 1. The number of likely N-dealkylation sites (N-methyl/N-ethyl adjacent to an activating group) is 2. The van der Waals surface area contributed by atoms with Crippen LogP contribution < -0.4 is 21.7 Å². The molecule has 3 heterocycles. The molecular formula is C61H98N8O6S. The van der Waals surface area contributed by atoms with Crippen molar-refractivity contribution in [2.45, 2.75) is 188 Å². The standard InChI is InChI=1S/C20H36N4O3.C13H13NOS.C10H19N3O2.C10H12.C6H12.C2H6/c1-13(2)15-10-16(19(21)26)24(11-15)20(27)18(14-8-6-5-7-9-14)22-17(25)12-23(3)4;1-9(2)10-4-3-5-11(6-10)13(15)12-7-16-8-14-12;1-8(11-2)10(15)12-7-9(14)13-5-3-4-6-13;1-2-6-10-8-4-3-7-9(10)5-1;1-2-4-6-5-3-1;1-2/h13-16,18H,5-12H2,1-4H3,(H2,21,26)(H,22,25);3-9H,1-2H3;8,11H,3-7H2,1-2H3,(H,12,15);1-2,5-6H,3-4,7-8H2;1-6H2;1-2H3. The molecule has 0 spiro atoms. The monoisotopic (exact) mass is 1070 g/mol. The van der Waals surface area contributed by atoms with Crippen LogP contribution in [0.4, 0.5) is 0 Å². The number of primary amides is 1. The van der Waals surface area contributed by atoms with Crippen LogP contribution in [0.15, 0.2) is 59.4 Å². The number of likely N-dealkylation sites (tertiary alicyclic amines) is 2. The number of carbonyl (C=O) groups is 6. The SMILES string of the molecule is C1CCCCC1.CC.CC(C)C1CC(C(N)=O)N(C(=O)C(NC(=O)CN(C)C)C2CCCCC2)C1.CC(C)c1cccc(C(=O)c2cscn2)c1.CNC(C)C(=O)NCC(=O)N1CCCC1.c1ccc2c(c1)CCCC2. The fourth-order valence-electron chi connectivity index (χ4n) is 10.2. The summed E-state index contributed by atoms with van der Waals surface area (Å²) in [6.07, 6.45) is 22.3. The van der Waals surface area contributed by atoms with Crippen molar-refractivity contribution in [1.29, 1.82) is 0 Å². The largest absolute Gasteiger partial charge is 0.368 e. The highest BCUT2D eigenvalue weighted by molar-refractivity contribution is 7.07. The second-order valence-electron chi connectivity index (χ2n) is 21.7. The Morgan fingerprint density at radius 3 is 1.84 bits per heavy atom. The molecule has 5 N–H and O–H groups in total. The van der Waals surface area contributed by atoms with E-state index >= 15 is 0 Å².